The Hall–Kier alpha value is -1.52. The molecule has 0 aromatic carbocycles. The maximum absolute atomic E-state index is 14.0. The number of esters is 1. The molecule has 0 bridgehead atoms. The van der Waals surface area contributed by atoms with Gasteiger partial charge in [-0.25, -0.2) is 0 Å². The van der Waals surface area contributed by atoms with Gasteiger partial charge in [0, 0.05) is 37.0 Å². The molecule has 0 radical (unpaired) electrons. The molecule has 0 aliphatic heterocycles. The van der Waals surface area contributed by atoms with Crippen molar-refractivity contribution in [3.8, 4) is 0 Å². The Bertz CT molecular complexity index is 893. The topological polar surface area (TPSA) is 77.5 Å². The Balaban J connectivity index is 1.45. The van der Waals surface area contributed by atoms with Gasteiger partial charge in [0.05, 0.1) is 0 Å². The first-order valence-electron chi connectivity index (χ1n) is 13.8. The number of carbonyl (C=O) groups excluding carboxylic acids is 4. The van der Waals surface area contributed by atoms with Crippen molar-refractivity contribution in [3.63, 3.8) is 0 Å². The van der Waals surface area contributed by atoms with Crippen LogP contribution < -0.4 is 0 Å². The number of Topliss-reactive ketones (excluding diaryl/α,β-unsaturated/α-hetero) is 3. The Morgan fingerprint density at radius 3 is 2.35 bits per heavy atom. The smallest absolute Gasteiger partial charge is 0.302 e. The summed E-state index contributed by atoms with van der Waals surface area (Å²) in [6.45, 7) is 7.62. The molecule has 5 nitrogen and oxygen atoms in total. The lowest BCUT2D eigenvalue weighted by molar-refractivity contribution is -0.167. The molecule has 0 heterocycles. The van der Waals surface area contributed by atoms with E-state index in [9.17, 15) is 19.2 Å². The Morgan fingerprint density at radius 1 is 0.912 bits per heavy atom. The molecule has 0 aromatic heterocycles. The lowest BCUT2D eigenvalue weighted by Gasteiger charge is -2.60. The molecular formula is C29H42O5. The van der Waals surface area contributed by atoms with Crippen LogP contribution in [0.2, 0.25) is 0 Å². The van der Waals surface area contributed by atoms with Crippen LogP contribution in [-0.2, 0) is 23.9 Å². The molecule has 5 fully saturated rings. The first kappa shape index (κ1) is 24.2. The molecule has 5 saturated carbocycles. The van der Waals surface area contributed by atoms with Crippen molar-refractivity contribution in [3.05, 3.63) is 0 Å². The van der Waals surface area contributed by atoms with Crippen molar-refractivity contribution in [1.82, 2.24) is 0 Å². The van der Waals surface area contributed by atoms with Crippen LogP contribution in [0, 0.1) is 52.3 Å². The van der Waals surface area contributed by atoms with E-state index in [0.717, 1.165) is 57.8 Å². The van der Waals surface area contributed by atoms with E-state index in [1.807, 2.05) is 0 Å². The summed E-state index contributed by atoms with van der Waals surface area (Å²) in [4.78, 5) is 51.6. The lowest BCUT2D eigenvalue weighted by Crippen LogP contribution is -2.57. The van der Waals surface area contributed by atoms with Crippen LogP contribution in [0.5, 0.6) is 0 Å². The third-order valence-corrected chi connectivity index (χ3v) is 11.5. The highest BCUT2D eigenvalue weighted by Crippen LogP contribution is 2.68. The molecule has 0 amide bonds. The highest BCUT2D eigenvalue weighted by Gasteiger charge is 2.67. The molecule has 0 aromatic rings. The van der Waals surface area contributed by atoms with Gasteiger partial charge in [0.25, 0.3) is 0 Å². The Kier molecular flexibility index (Phi) is 6.08. The monoisotopic (exact) mass is 470 g/mol. The Morgan fingerprint density at radius 2 is 1.68 bits per heavy atom. The summed E-state index contributed by atoms with van der Waals surface area (Å²) in [6, 6.07) is 0. The predicted octanol–water partition coefficient (Wildman–Crippen LogP) is 5.33. The quantitative estimate of drug-likeness (QED) is 0.521. The zero-order valence-corrected chi connectivity index (χ0v) is 21.4. The molecule has 5 heteroatoms. The van der Waals surface area contributed by atoms with E-state index in [-0.39, 0.29) is 52.7 Å². The molecule has 0 spiro atoms. The molecule has 5 aliphatic carbocycles. The number of fused-ring (bicyclic) bond motifs is 5. The van der Waals surface area contributed by atoms with Crippen LogP contribution in [0.25, 0.3) is 0 Å². The van der Waals surface area contributed by atoms with E-state index in [1.54, 1.807) is 6.92 Å². The number of carbonyl (C=O) groups is 4. The highest BCUT2D eigenvalue weighted by atomic mass is 16.5. The van der Waals surface area contributed by atoms with Crippen molar-refractivity contribution in [2.24, 2.45) is 52.3 Å². The third-order valence-electron chi connectivity index (χ3n) is 11.5. The SMILES string of the molecule is CC(=O)O[C@H]1CC[C@@]2(C)[C@H](CC[C@@H]3[C@@H]2CC(=O)[C@@]2(C)[C@H]3C[C@H]([C@@H]3CCCCC3=O)[C@@H]2C(C)=O)C1. The minimum atomic E-state index is -0.618. The van der Waals surface area contributed by atoms with Gasteiger partial charge in [-0.15, -0.1) is 0 Å². The van der Waals surface area contributed by atoms with Gasteiger partial charge in [-0.2, -0.15) is 0 Å². The van der Waals surface area contributed by atoms with Gasteiger partial charge < -0.3 is 4.74 Å². The minimum absolute atomic E-state index is 0.00644. The molecule has 188 valence electrons. The summed E-state index contributed by atoms with van der Waals surface area (Å²) in [5, 5.41) is 0. The number of ketones is 3. The van der Waals surface area contributed by atoms with Crippen LogP contribution in [0.4, 0.5) is 0 Å². The van der Waals surface area contributed by atoms with E-state index >= 15 is 0 Å². The van der Waals surface area contributed by atoms with E-state index in [4.69, 9.17) is 4.74 Å². The summed E-state index contributed by atoms with van der Waals surface area (Å²) in [6.07, 6.45) is 9.94. The molecule has 10 atom stereocenters. The minimum Gasteiger partial charge on any atom is -0.463 e. The summed E-state index contributed by atoms with van der Waals surface area (Å²) in [7, 11) is 0. The van der Waals surface area contributed by atoms with Gasteiger partial charge in [0.1, 0.15) is 23.5 Å². The zero-order valence-electron chi connectivity index (χ0n) is 21.4. The fourth-order valence-electron chi connectivity index (χ4n) is 9.96. The molecule has 5 rings (SSSR count). The van der Waals surface area contributed by atoms with Gasteiger partial charge in [-0.3, -0.25) is 19.2 Å². The predicted molar refractivity (Wildman–Crippen MR) is 128 cm³/mol. The standard InChI is InChI=1S/C29H42O5/c1-16(30)27-22(20-7-5-6-8-25(20)32)14-24-21-10-9-18-13-19(34-17(2)31)11-12-28(18,3)23(21)15-26(33)29(24,27)4/h18-24,27H,5-15H2,1-4H3/t18-,19+,20+,21-,22-,23+,24+,27+,28+,29-/m1/s1. The first-order valence-corrected chi connectivity index (χ1v) is 13.8. The molecule has 5 aliphatic rings. The van der Waals surface area contributed by atoms with E-state index in [0.29, 0.717) is 36.4 Å². The van der Waals surface area contributed by atoms with Gasteiger partial charge in [-0.05, 0) is 93.3 Å². The zero-order chi connectivity index (χ0) is 24.4. The van der Waals surface area contributed by atoms with Crippen molar-refractivity contribution in [2.45, 2.75) is 104 Å². The van der Waals surface area contributed by atoms with Crippen molar-refractivity contribution < 1.29 is 23.9 Å². The molecule has 0 unspecified atom stereocenters. The van der Waals surface area contributed by atoms with Crippen LogP contribution in [0.3, 0.4) is 0 Å². The first-order chi connectivity index (χ1) is 16.1. The van der Waals surface area contributed by atoms with Crippen molar-refractivity contribution in [2.75, 3.05) is 0 Å². The molecule has 34 heavy (non-hydrogen) atoms. The molecule has 0 saturated heterocycles. The van der Waals surface area contributed by atoms with Crippen molar-refractivity contribution in [1.29, 1.82) is 0 Å². The number of ether oxygens (including phenoxy) is 1. The maximum atomic E-state index is 14.0. The second-order valence-electron chi connectivity index (χ2n) is 12.9. The largest absolute Gasteiger partial charge is 0.463 e. The summed E-state index contributed by atoms with van der Waals surface area (Å²) < 4.78 is 5.58. The van der Waals surface area contributed by atoms with Crippen LogP contribution >= 0.6 is 0 Å². The average molecular weight is 471 g/mol. The van der Waals surface area contributed by atoms with Gasteiger partial charge in [0.2, 0.25) is 0 Å². The van der Waals surface area contributed by atoms with Crippen molar-refractivity contribution >= 4 is 23.3 Å². The van der Waals surface area contributed by atoms with Crippen LogP contribution in [-0.4, -0.2) is 29.4 Å². The third kappa shape index (κ3) is 3.54. The van der Waals surface area contributed by atoms with E-state index in [1.165, 1.54) is 6.92 Å². The number of rotatable bonds is 3. The fourth-order valence-corrected chi connectivity index (χ4v) is 9.96. The highest BCUT2D eigenvalue weighted by molar-refractivity contribution is 5.94. The molecular weight excluding hydrogens is 428 g/mol. The van der Waals surface area contributed by atoms with Crippen LogP contribution in [0.1, 0.15) is 98.3 Å². The Labute approximate surface area is 204 Å². The van der Waals surface area contributed by atoms with Gasteiger partial charge >= 0.3 is 5.97 Å². The van der Waals surface area contributed by atoms with E-state index < -0.39 is 5.41 Å². The number of hydrogen-bond donors (Lipinski definition) is 0. The lowest BCUT2D eigenvalue weighted by atomic mass is 9.44. The van der Waals surface area contributed by atoms with E-state index in [2.05, 4.69) is 13.8 Å². The van der Waals surface area contributed by atoms with Gasteiger partial charge in [-0.1, -0.05) is 20.3 Å². The molecule has 0 N–H and O–H groups in total. The summed E-state index contributed by atoms with van der Waals surface area (Å²) in [5.74, 6) is 1.67. The fraction of sp³-hybridized carbons (Fsp3) is 0.862. The second kappa shape index (κ2) is 8.55. The summed E-state index contributed by atoms with van der Waals surface area (Å²) >= 11 is 0. The second-order valence-corrected chi connectivity index (χ2v) is 12.9. The number of hydrogen-bond acceptors (Lipinski definition) is 5. The summed E-state index contributed by atoms with van der Waals surface area (Å²) in [5.41, 5.74) is -0.533. The van der Waals surface area contributed by atoms with Gasteiger partial charge in [0.15, 0.2) is 0 Å². The normalized spacial score (nSPS) is 48.5. The van der Waals surface area contributed by atoms with Crippen LogP contribution in [0.15, 0.2) is 0 Å². The maximum Gasteiger partial charge on any atom is 0.302 e. The average Bonchev–Trinajstić information content (AvgIpc) is 3.09.